The van der Waals surface area contributed by atoms with Crippen molar-refractivity contribution in [2.75, 3.05) is 45.5 Å². The molecule has 0 aromatic carbocycles. The number of hydrogen-bond donors (Lipinski definition) is 0. The summed E-state index contributed by atoms with van der Waals surface area (Å²) in [6.07, 6.45) is 4.75. The van der Waals surface area contributed by atoms with Crippen molar-refractivity contribution in [1.82, 2.24) is 23.7 Å². The maximum Gasteiger partial charge on any atom is 0.282 e. The van der Waals surface area contributed by atoms with E-state index in [-0.39, 0.29) is 0 Å². The largest absolute Gasteiger partial charge is 0.338 e. The number of rotatable bonds is 6. The molecule has 0 aliphatic carbocycles. The third-order valence-corrected chi connectivity index (χ3v) is 6.99. The number of aromatic nitrogens is 2. The maximum atomic E-state index is 12.7. The van der Waals surface area contributed by atoms with Crippen molar-refractivity contribution in [3.8, 4) is 0 Å². The molecule has 2 saturated heterocycles. The predicted molar refractivity (Wildman–Crippen MR) is 92.7 cm³/mol. The molecule has 0 radical (unpaired) electrons. The summed E-state index contributed by atoms with van der Waals surface area (Å²) in [5.74, 6) is 2.06. The van der Waals surface area contributed by atoms with Crippen molar-refractivity contribution in [3.63, 3.8) is 0 Å². The van der Waals surface area contributed by atoms with E-state index >= 15 is 0 Å². The van der Waals surface area contributed by atoms with Gasteiger partial charge < -0.3 is 4.52 Å². The zero-order valence-electron chi connectivity index (χ0n) is 14.1. The van der Waals surface area contributed by atoms with Gasteiger partial charge in [-0.3, -0.25) is 4.90 Å². The van der Waals surface area contributed by atoms with Crippen LogP contribution < -0.4 is 0 Å². The lowest BCUT2D eigenvalue weighted by atomic mass is 10.4. The Hall–Kier alpha value is -0.680. The molecular formula is C14H25N5O3S2. The molecule has 136 valence electrons. The molecule has 10 heteroatoms. The molecule has 24 heavy (non-hydrogen) atoms. The van der Waals surface area contributed by atoms with Crippen molar-refractivity contribution in [2.24, 2.45) is 0 Å². The molecule has 0 unspecified atom stereocenters. The molecule has 0 amide bonds. The van der Waals surface area contributed by atoms with Gasteiger partial charge in [-0.05, 0) is 32.1 Å². The second kappa shape index (κ2) is 8.13. The molecule has 3 rings (SSSR count). The van der Waals surface area contributed by atoms with E-state index in [2.05, 4.69) is 15.0 Å². The summed E-state index contributed by atoms with van der Waals surface area (Å²) in [5.41, 5.74) is 0. The van der Waals surface area contributed by atoms with E-state index in [1.807, 2.05) is 6.26 Å². The average Bonchev–Trinajstić information content (AvgIpc) is 3.17. The topological polar surface area (TPSA) is 82.8 Å². The second-order valence-electron chi connectivity index (χ2n) is 6.18. The van der Waals surface area contributed by atoms with Crippen LogP contribution in [0.2, 0.25) is 0 Å². The van der Waals surface area contributed by atoms with Gasteiger partial charge in [0.15, 0.2) is 5.82 Å². The van der Waals surface area contributed by atoms with E-state index in [0.717, 1.165) is 31.6 Å². The summed E-state index contributed by atoms with van der Waals surface area (Å²) in [5, 5.41) is 3.95. The van der Waals surface area contributed by atoms with E-state index in [1.54, 1.807) is 20.4 Å². The number of hydrogen-bond acceptors (Lipinski definition) is 7. The van der Waals surface area contributed by atoms with E-state index in [1.165, 1.54) is 0 Å². The summed E-state index contributed by atoms with van der Waals surface area (Å²) in [6, 6.07) is 0. The van der Waals surface area contributed by atoms with Crippen LogP contribution >= 0.6 is 11.8 Å². The molecule has 2 aliphatic rings. The summed E-state index contributed by atoms with van der Waals surface area (Å²) in [4.78, 5) is 6.57. The Kier molecular flexibility index (Phi) is 6.14. The van der Waals surface area contributed by atoms with Gasteiger partial charge in [0.2, 0.25) is 5.89 Å². The van der Waals surface area contributed by atoms with Crippen LogP contribution in [-0.2, 0) is 22.5 Å². The molecule has 2 aliphatic heterocycles. The molecule has 1 aromatic heterocycles. The molecule has 0 atom stereocenters. The lowest BCUT2D eigenvalue weighted by Gasteiger charge is -2.26. The molecule has 0 saturated carbocycles. The van der Waals surface area contributed by atoms with E-state index in [0.29, 0.717) is 51.0 Å². The van der Waals surface area contributed by atoms with Gasteiger partial charge in [0.25, 0.3) is 10.2 Å². The van der Waals surface area contributed by atoms with Gasteiger partial charge in [-0.15, -0.1) is 0 Å². The highest BCUT2D eigenvalue weighted by molar-refractivity contribution is 7.97. The first-order valence-electron chi connectivity index (χ1n) is 8.37. The quantitative estimate of drug-likeness (QED) is 0.726. The monoisotopic (exact) mass is 375 g/mol. The van der Waals surface area contributed by atoms with Crippen LogP contribution in [0.3, 0.4) is 0 Å². The number of thioether (sulfide) groups is 1. The van der Waals surface area contributed by atoms with Gasteiger partial charge in [0.1, 0.15) is 0 Å². The Bertz CT molecular complexity index is 630. The third-order valence-electron chi connectivity index (χ3n) is 4.41. The van der Waals surface area contributed by atoms with Gasteiger partial charge in [-0.25, -0.2) is 0 Å². The highest BCUT2D eigenvalue weighted by atomic mass is 32.2. The summed E-state index contributed by atoms with van der Waals surface area (Å²) in [6.45, 7) is 4.52. The average molecular weight is 376 g/mol. The normalized spacial score (nSPS) is 22.0. The minimum Gasteiger partial charge on any atom is -0.338 e. The van der Waals surface area contributed by atoms with Crippen LogP contribution in [0.4, 0.5) is 0 Å². The van der Waals surface area contributed by atoms with Crippen LogP contribution in [0, 0.1) is 0 Å². The van der Waals surface area contributed by atoms with Gasteiger partial charge in [0.05, 0.1) is 12.3 Å². The molecule has 0 spiro atoms. The highest BCUT2D eigenvalue weighted by Crippen LogP contribution is 2.18. The lowest BCUT2D eigenvalue weighted by molar-refractivity contribution is 0.235. The van der Waals surface area contributed by atoms with Gasteiger partial charge >= 0.3 is 0 Å². The summed E-state index contributed by atoms with van der Waals surface area (Å²) in [7, 11) is -3.30. The first kappa shape index (κ1) is 18.1. The SMILES string of the molecule is CSCc1noc(CN2CCCN(S(=O)(=O)N3CCCC3)CC2)n1. The van der Waals surface area contributed by atoms with Crippen molar-refractivity contribution in [2.45, 2.75) is 31.6 Å². The van der Waals surface area contributed by atoms with Gasteiger partial charge in [0, 0.05) is 32.7 Å². The zero-order valence-corrected chi connectivity index (χ0v) is 15.7. The van der Waals surface area contributed by atoms with Gasteiger partial charge in [-0.2, -0.15) is 33.8 Å². The van der Waals surface area contributed by atoms with Crippen molar-refractivity contribution in [3.05, 3.63) is 11.7 Å². The Labute approximate surface area is 147 Å². The summed E-state index contributed by atoms with van der Waals surface area (Å²) >= 11 is 1.66. The Morgan fingerprint density at radius 2 is 1.75 bits per heavy atom. The molecule has 0 N–H and O–H groups in total. The first-order valence-corrected chi connectivity index (χ1v) is 11.2. The summed E-state index contributed by atoms with van der Waals surface area (Å²) < 4.78 is 33.9. The molecule has 0 bridgehead atoms. The van der Waals surface area contributed by atoms with Gasteiger partial charge in [-0.1, -0.05) is 5.16 Å². The lowest BCUT2D eigenvalue weighted by Crippen LogP contribution is -2.44. The fourth-order valence-corrected chi connectivity index (χ4v) is 5.25. The second-order valence-corrected chi connectivity index (χ2v) is 8.97. The minimum atomic E-state index is -3.30. The van der Waals surface area contributed by atoms with E-state index < -0.39 is 10.2 Å². The molecule has 3 heterocycles. The van der Waals surface area contributed by atoms with Crippen LogP contribution in [0.1, 0.15) is 31.0 Å². The van der Waals surface area contributed by atoms with Crippen molar-refractivity contribution < 1.29 is 12.9 Å². The fourth-order valence-electron chi connectivity index (χ4n) is 3.15. The Morgan fingerprint density at radius 1 is 1.04 bits per heavy atom. The standard InChI is InChI=1S/C14H25N5O3S2/c1-23-12-13-15-14(22-16-13)11-17-5-4-8-19(10-9-17)24(20,21)18-6-2-3-7-18/h2-12H2,1H3. The number of nitrogens with zero attached hydrogens (tertiary/aromatic N) is 5. The van der Waals surface area contributed by atoms with E-state index in [4.69, 9.17) is 4.52 Å². The predicted octanol–water partition coefficient (Wildman–Crippen LogP) is 0.781. The molecule has 8 nitrogen and oxygen atoms in total. The Balaban J connectivity index is 1.56. The zero-order chi connectivity index (χ0) is 17.0. The smallest absolute Gasteiger partial charge is 0.282 e. The van der Waals surface area contributed by atoms with Crippen LogP contribution in [0.15, 0.2) is 4.52 Å². The van der Waals surface area contributed by atoms with Crippen LogP contribution in [-0.4, -0.2) is 77.6 Å². The molecular weight excluding hydrogens is 350 g/mol. The molecule has 2 fully saturated rings. The highest BCUT2D eigenvalue weighted by Gasteiger charge is 2.32. The van der Waals surface area contributed by atoms with Crippen molar-refractivity contribution >= 4 is 22.0 Å². The van der Waals surface area contributed by atoms with Crippen molar-refractivity contribution in [1.29, 1.82) is 0 Å². The third kappa shape index (κ3) is 4.29. The van der Waals surface area contributed by atoms with Crippen LogP contribution in [0.5, 0.6) is 0 Å². The minimum absolute atomic E-state index is 0.518. The Morgan fingerprint density at radius 3 is 2.50 bits per heavy atom. The maximum absolute atomic E-state index is 12.7. The first-order chi connectivity index (χ1) is 11.6. The fraction of sp³-hybridized carbons (Fsp3) is 0.857. The van der Waals surface area contributed by atoms with Crippen LogP contribution in [0.25, 0.3) is 0 Å². The molecule has 1 aromatic rings. The van der Waals surface area contributed by atoms with E-state index in [9.17, 15) is 8.42 Å².